The Morgan fingerprint density at radius 1 is 1.04 bits per heavy atom. The van der Waals surface area contributed by atoms with Crippen LogP contribution in [0.1, 0.15) is 11.1 Å². The van der Waals surface area contributed by atoms with Gasteiger partial charge in [-0.1, -0.05) is 6.07 Å². The summed E-state index contributed by atoms with van der Waals surface area (Å²) in [6.07, 6.45) is -4.85. The number of rotatable bonds is 3. The average molecular weight is 402 g/mol. The highest BCUT2D eigenvalue weighted by Crippen LogP contribution is 2.33. The van der Waals surface area contributed by atoms with Gasteiger partial charge in [0.25, 0.3) is 0 Å². The fourth-order valence-corrected chi connectivity index (χ4v) is 3.46. The molecule has 142 valence electrons. The van der Waals surface area contributed by atoms with Crippen LogP contribution >= 0.6 is 11.5 Å². The number of benzene rings is 2. The minimum atomic E-state index is -4.85. The SMILES string of the molecule is Cc1c(OC(F)(F)F)ccc(-n2sc(-c3c(F)cccc3F)nc2=O)c1C. The molecule has 1 aromatic heterocycles. The second-order valence-electron chi connectivity index (χ2n) is 5.56. The van der Waals surface area contributed by atoms with E-state index in [1.54, 1.807) is 0 Å². The van der Waals surface area contributed by atoms with E-state index in [9.17, 15) is 26.7 Å². The van der Waals surface area contributed by atoms with Crippen molar-refractivity contribution < 1.29 is 26.7 Å². The Labute approximate surface area is 153 Å². The van der Waals surface area contributed by atoms with Crippen LogP contribution in [-0.2, 0) is 0 Å². The average Bonchev–Trinajstić information content (AvgIpc) is 2.92. The minimum Gasteiger partial charge on any atom is -0.406 e. The molecule has 0 atom stereocenters. The summed E-state index contributed by atoms with van der Waals surface area (Å²) in [6, 6.07) is 5.58. The van der Waals surface area contributed by atoms with Gasteiger partial charge in [0.2, 0.25) is 0 Å². The molecule has 4 nitrogen and oxygen atoms in total. The highest BCUT2D eigenvalue weighted by Gasteiger charge is 2.32. The van der Waals surface area contributed by atoms with Crippen molar-refractivity contribution in [3.8, 4) is 22.0 Å². The Hall–Kier alpha value is -2.75. The lowest BCUT2D eigenvalue weighted by molar-refractivity contribution is -0.274. The quantitative estimate of drug-likeness (QED) is 0.594. The van der Waals surface area contributed by atoms with Gasteiger partial charge in [0.15, 0.2) is 5.01 Å². The topological polar surface area (TPSA) is 44.1 Å². The van der Waals surface area contributed by atoms with E-state index in [1.807, 2.05) is 0 Å². The summed E-state index contributed by atoms with van der Waals surface area (Å²) in [5.74, 6) is -2.16. The van der Waals surface area contributed by atoms with Gasteiger partial charge < -0.3 is 4.74 Å². The van der Waals surface area contributed by atoms with Gasteiger partial charge in [0, 0.05) is 0 Å². The van der Waals surface area contributed by atoms with Gasteiger partial charge in [0.05, 0.1) is 11.3 Å². The Morgan fingerprint density at radius 2 is 1.67 bits per heavy atom. The largest absolute Gasteiger partial charge is 0.573 e. The second-order valence-corrected chi connectivity index (χ2v) is 6.50. The Bertz CT molecular complexity index is 1050. The predicted molar refractivity (Wildman–Crippen MR) is 89.2 cm³/mol. The second kappa shape index (κ2) is 6.76. The van der Waals surface area contributed by atoms with E-state index in [4.69, 9.17) is 0 Å². The molecule has 27 heavy (non-hydrogen) atoms. The Morgan fingerprint density at radius 3 is 2.26 bits per heavy atom. The molecule has 0 fully saturated rings. The minimum absolute atomic E-state index is 0.170. The van der Waals surface area contributed by atoms with Crippen molar-refractivity contribution >= 4 is 11.5 Å². The highest BCUT2D eigenvalue weighted by molar-refractivity contribution is 7.10. The van der Waals surface area contributed by atoms with Crippen LogP contribution in [0.4, 0.5) is 22.0 Å². The zero-order valence-corrected chi connectivity index (χ0v) is 14.7. The van der Waals surface area contributed by atoms with Crippen molar-refractivity contribution in [2.75, 3.05) is 0 Å². The maximum atomic E-state index is 13.9. The zero-order chi connectivity index (χ0) is 19.9. The van der Waals surface area contributed by atoms with Crippen LogP contribution in [0.3, 0.4) is 0 Å². The number of nitrogens with zero attached hydrogens (tertiary/aromatic N) is 2. The van der Waals surface area contributed by atoms with Gasteiger partial charge in [-0.2, -0.15) is 4.98 Å². The molecule has 0 saturated carbocycles. The first-order chi connectivity index (χ1) is 12.6. The summed E-state index contributed by atoms with van der Waals surface area (Å²) in [5, 5.41) is -0.178. The number of ether oxygens (including phenoxy) is 1. The van der Waals surface area contributed by atoms with Crippen LogP contribution in [0.25, 0.3) is 16.3 Å². The van der Waals surface area contributed by atoms with Crippen LogP contribution in [-0.4, -0.2) is 15.3 Å². The summed E-state index contributed by atoms with van der Waals surface area (Å²) in [7, 11) is 0. The van der Waals surface area contributed by atoms with Gasteiger partial charge >= 0.3 is 12.1 Å². The number of halogens is 5. The van der Waals surface area contributed by atoms with Gasteiger partial charge in [-0.25, -0.2) is 17.5 Å². The summed E-state index contributed by atoms with van der Waals surface area (Å²) in [4.78, 5) is 15.9. The first-order valence-corrected chi connectivity index (χ1v) is 8.27. The number of alkyl halides is 3. The fourth-order valence-electron chi connectivity index (χ4n) is 2.47. The van der Waals surface area contributed by atoms with E-state index < -0.39 is 35.0 Å². The van der Waals surface area contributed by atoms with Gasteiger partial charge in [-0.3, -0.25) is 0 Å². The van der Waals surface area contributed by atoms with Crippen LogP contribution in [0.2, 0.25) is 0 Å². The summed E-state index contributed by atoms with van der Waals surface area (Å²) in [5.41, 5.74) is -0.492. The third-order valence-corrected chi connectivity index (χ3v) is 4.88. The molecule has 0 spiro atoms. The fraction of sp³-hybridized carbons (Fsp3) is 0.176. The number of hydrogen-bond acceptors (Lipinski definition) is 4. The van der Waals surface area contributed by atoms with E-state index in [-0.39, 0.29) is 16.3 Å². The highest BCUT2D eigenvalue weighted by atomic mass is 32.1. The van der Waals surface area contributed by atoms with Crippen LogP contribution in [0.5, 0.6) is 5.75 Å². The molecule has 0 unspecified atom stereocenters. The van der Waals surface area contributed by atoms with E-state index in [1.165, 1.54) is 26.0 Å². The lowest BCUT2D eigenvalue weighted by Crippen LogP contribution is -2.19. The molecule has 3 aromatic rings. The smallest absolute Gasteiger partial charge is 0.406 e. The monoisotopic (exact) mass is 402 g/mol. The van der Waals surface area contributed by atoms with Crippen molar-refractivity contribution in [1.29, 1.82) is 0 Å². The molecule has 3 rings (SSSR count). The predicted octanol–water partition coefficient (Wildman–Crippen LogP) is 4.75. The van der Waals surface area contributed by atoms with Crippen molar-refractivity contribution in [3.05, 3.63) is 63.6 Å². The maximum absolute atomic E-state index is 13.9. The normalized spacial score (nSPS) is 11.7. The summed E-state index contributed by atoms with van der Waals surface area (Å²) in [6.45, 7) is 2.91. The molecule has 2 aromatic carbocycles. The molecule has 10 heteroatoms. The van der Waals surface area contributed by atoms with Gasteiger partial charge in [0.1, 0.15) is 17.4 Å². The molecule has 0 aliphatic heterocycles. The van der Waals surface area contributed by atoms with Crippen molar-refractivity contribution in [2.45, 2.75) is 20.2 Å². The van der Waals surface area contributed by atoms with E-state index in [0.29, 0.717) is 17.1 Å². The van der Waals surface area contributed by atoms with Crippen molar-refractivity contribution in [2.24, 2.45) is 0 Å². The third-order valence-electron chi connectivity index (χ3n) is 3.88. The molecular formula is C17H11F5N2O2S. The van der Waals surface area contributed by atoms with Crippen LogP contribution in [0, 0.1) is 25.5 Å². The molecular weight excluding hydrogens is 391 g/mol. The lowest BCUT2D eigenvalue weighted by atomic mass is 10.1. The maximum Gasteiger partial charge on any atom is 0.573 e. The van der Waals surface area contributed by atoms with Crippen molar-refractivity contribution in [1.82, 2.24) is 8.94 Å². The van der Waals surface area contributed by atoms with Crippen LogP contribution < -0.4 is 10.4 Å². The first kappa shape index (κ1) is 19.0. The van der Waals surface area contributed by atoms with Gasteiger partial charge in [-0.05, 0) is 60.8 Å². The van der Waals surface area contributed by atoms with E-state index >= 15 is 0 Å². The number of aromatic nitrogens is 2. The molecule has 0 N–H and O–H groups in total. The molecule has 0 aliphatic carbocycles. The molecule has 0 bridgehead atoms. The lowest BCUT2D eigenvalue weighted by Gasteiger charge is -2.15. The Balaban J connectivity index is 2.10. The van der Waals surface area contributed by atoms with Gasteiger partial charge in [-0.15, -0.1) is 13.2 Å². The van der Waals surface area contributed by atoms with E-state index in [0.717, 1.165) is 22.2 Å². The molecule has 1 heterocycles. The third kappa shape index (κ3) is 3.70. The Kier molecular flexibility index (Phi) is 4.77. The molecule has 0 radical (unpaired) electrons. The summed E-state index contributed by atoms with van der Waals surface area (Å²) < 4.78 is 70.2. The van der Waals surface area contributed by atoms with Crippen molar-refractivity contribution in [3.63, 3.8) is 0 Å². The first-order valence-electron chi connectivity index (χ1n) is 7.49. The molecule has 0 amide bonds. The molecule has 0 saturated heterocycles. The molecule has 0 aliphatic rings. The number of hydrogen-bond donors (Lipinski definition) is 0. The summed E-state index contributed by atoms with van der Waals surface area (Å²) >= 11 is 0.686. The standard InChI is InChI=1S/C17H11F5N2O2S/c1-8-9(2)13(26-17(20,21)22)7-6-12(8)24-16(25)23-15(27-24)14-10(18)4-3-5-11(14)19/h3-7H,1-2H3. The zero-order valence-electron chi connectivity index (χ0n) is 13.9. The van der Waals surface area contributed by atoms with Crippen LogP contribution in [0.15, 0.2) is 35.1 Å². The van der Waals surface area contributed by atoms with E-state index in [2.05, 4.69) is 9.72 Å².